The standard InChI is InChI=1S/C21H20ClN3O3S/c1-15-6-12-18(13-7-15)29(27,28)25-20-5-3-2-4-19(20)24-21(26)23-14-16-8-10-17(22)11-9-16/h2-13,25H,14H2,1H3,(H2,23,24,26). The molecule has 0 aliphatic heterocycles. The van der Waals surface area contributed by atoms with E-state index in [1.54, 1.807) is 48.5 Å². The van der Waals surface area contributed by atoms with Gasteiger partial charge >= 0.3 is 6.03 Å². The first kappa shape index (κ1) is 20.7. The fourth-order valence-corrected chi connectivity index (χ4v) is 3.76. The zero-order valence-electron chi connectivity index (χ0n) is 15.6. The van der Waals surface area contributed by atoms with Crippen LogP contribution in [0.2, 0.25) is 5.02 Å². The van der Waals surface area contributed by atoms with Crippen LogP contribution in [-0.2, 0) is 16.6 Å². The number of urea groups is 1. The lowest BCUT2D eigenvalue weighted by molar-refractivity contribution is 0.251. The molecule has 0 aliphatic carbocycles. The van der Waals surface area contributed by atoms with Gasteiger partial charge in [0.15, 0.2) is 0 Å². The highest BCUT2D eigenvalue weighted by Gasteiger charge is 2.16. The predicted octanol–water partition coefficient (Wildman–Crippen LogP) is 4.77. The molecule has 0 saturated heterocycles. The molecule has 2 amide bonds. The van der Waals surface area contributed by atoms with Gasteiger partial charge in [-0.25, -0.2) is 13.2 Å². The maximum Gasteiger partial charge on any atom is 0.319 e. The van der Waals surface area contributed by atoms with Crippen LogP contribution in [0.4, 0.5) is 16.2 Å². The summed E-state index contributed by atoms with van der Waals surface area (Å²) < 4.78 is 27.8. The quantitative estimate of drug-likeness (QED) is 0.527. The van der Waals surface area contributed by atoms with Crippen molar-refractivity contribution in [2.24, 2.45) is 0 Å². The average Bonchev–Trinajstić information content (AvgIpc) is 2.69. The summed E-state index contributed by atoms with van der Waals surface area (Å²) in [5, 5.41) is 6.02. The third-order valence-corrected chi connectivity index (χ3v) is 5.75. The van der Waals surface area contributed by atoms with Crippen molar-refractivity contribution in [2.45, 2.75) is 18.4 Å². The van der Waals surface area contributed by atoms with E-state index in [9.17, 15) is 13.2 Å². The number of benzene rings is 3. The molecule has 0 unspecified atom stereocenters. The highest BCUT2D eigenvalue weighted by Crippen LogP contribution is 2.24. The van der Waals surface area contributed by atoms with Gasteiger partial charge in [-0.05, 0) is 48.9 Å². The van der Waals surface area contributed by atoms with Crippen molar-refractivity contribution in [2.75, 3.05) is 10.0 Å². The Balaban J connectivity index is 1.69. The van der Waals surface area contributed by atoms with Crippen LogP contribution in [0, 0.1) is 6.92 Å². The summed E-state index contributed by atoms with van der Waals surface area (Å²) >= 11 is 5.85. The molecular weight excluding hydrogens is 410 g/mol. The van der Waals surface area contributed by atoms with Gasteiger partial charge in [0.25, 0.3) is 10.0 Å². The van der Waals surface area contributed by atoms with Gasteiger partial charge in [-0.1, -0.05) is 53.6 Å². The topological polar surface area (TPSA) is 87.3 Å². The van der Waals surface area contributed by atoms with Crippen molar-refractivity contribution in [3.8, 4) is 0 Å². The second-order valence-corrected chi connectivity index (χ2v) is 8.52. The number of nitrogens with one attached hydrogen (secondary N) is 3. The van der Waals surface area contributed by atoms with Crippen molar-refractivity contribution in [1.29, 1.82) is 0 Å². The Morgan fingerprint density at radius 1 is 0.897 bits per heavy atom. The Hall–Kier alpha value is -3.03. The molecule has 3 aromatic rings. The van der Waals surface area contributed by atoms with Crippen molar-refractivity contribution in [1.82, 2.24) is 5.32 Å². The first-order valence-corrected chi connectivity index (χ1v) is 10.7. The highest BCUT2D eigenvalue weighted by molar-refractivity contribution is 7.92. The fourth-order valence-electron chi connectivity index (χ4n) is 2.55. The van der Waals surface area contributed by atoms with Gasteiger partial charge in [0, 0.05) is 11.6 Å². The van der Waals surface area contributed by atoms with E-state index in [0.717, 1.165) is 11.1 Å². The normalized spacial score (nSPS) is 11.0. The molecule has 0 aliphatic rings. The lowest BCUT2D eigenvalue weighted by Crippen LogP contribution is -2.28. The Kier molecular flexibility index (Phi) is 6.41. The van der Waals surface area contributed by atoms with Crippen molar-refractivity contribution in [3.05, 3.63) is 88.9 Å². The maximum absolute atomic E-state index is 12.6. The van der Waals surface area contributed by atoms with Crippen molar-refractivity contribution in [3.63, 3.8) is 0 Å². The summed E-state index contributed by atoms with van der Waals surface area (Å²) in [6.45, 7) is 2.19. The van der Waals surface area contributed by atoms with E-state index < -0.39 is 16.1 Å². The van der Waals surface area contributed by atoms with Crippen molar-refractivity contribution < 1.29 is 13.2 Å². The van der Waals surface area contributed by atoms with Gasteiger partial charge in [-0.3, -0.25) is 4.72 Å². The van der Waals surface area contributed by atoms with Crippen LogP contribution < -0.4 is 15.4 Å². The molecule has 0 atom stereocenters. The van der Waals surface area contributed by atoms with Crippen LogP contribution in [0.3, 0.4) is 0 Å². The molecule has 0 saturated carbocycles. The smallest absolute Gasteiger partial charge is 0.319 e. The predicted molar refractivity (Wildman–Crippen MR) is 116 cm³/mol. The van der Waals surface area contributed by atoms with Gasteiger partial charge < -0.3 is 10.6 Å². The van der Waals surface area contributed by atoms with Gasteiger partial charge in [0.05, 0.1) is 16.3 Å². The zero-order valence-corrected chi connectivity index (χ0v) is 17.2. The largest absolute Gasteiger partial charge is 0.334 e. The van der Waals surface area contributed by atoms with E-state index >= 15 is 0 Å². The molecule has 6 nitrogen and oxygen atoms in total. The minimum atomic E-state index is -3.78. The molecule has 29 heavy (non-hydrogen) atoms. The van der Waals surface area contributed by atoms with E-state index in [0.29, 0.717) is 17.3 Å². The molecule has 3 aromatic carbocycles. The first-order chi connectivity index (χ1) is 13.8. The number of para-hydroxylation sites is 2. The molecule has 0 fully saturated rings. The van der Waals surface area contributed by atoms with Gasteiger partial charge in [0.1, 0.15) is 0 Å². The lowest BCUT2D eigenvalue weighted by atomic mass is 10.2. The first-order valence-electron chi connectivity index (χ1n) is 8.81. The van der Waals surface area contributed by atoms with Crippen LogP contribution >= 0.6 is 11.6 Å². The van der Waals surface area contributed by atoms with Gasteiger partial charge in [0.2, 0.25) is 0 Å². The molecule has 8 heteroatoms. The maximum atomic E-state index is 12.6. The fraction of sp³-hybridized carbons (Fsp3) is 0.0952. The molecule has 0 aromatic heterocycles. The molecule has 3 N–H and O–H groups in total. The molecule has 0 heterocycles. The molecular formula is C21H20ClN3O3S. The van der Waals surface area contributed by atoms with E-state index in [2.05, 4.69) is 15.4 Å². The zero-order chi connectivity index (χ0) is 20.9. The molecule has 0 bridgehead atoms. The van der Waals surface area contributed by atoms with Gasteiger partial charge in [-0.15, -0.1) is 0 Å². The minimum Gasteiger partial charge on any atom is -0.334 e. The number of amides is 2. The Morgan fingerprint density at radius 3 is 2.17 bits per heavy atom. The monoisotopic (exact) mass is 429 g/mol. The third kappa shape index (κ3) is 5.73. The second-order valence-electron chi connectivity index (χ2n) is 6.40. The van der Waals surface area contributed by atoms with Crippen LogP contribution in [-0.4, -0.2) is 14.4 Å². The minimum absolute atomic E-state index is 0.144. The van der Waals surface area contributed by atoms with Crippen molar-refractivity contribution >= 4 is 39.0 Å². The number of rotatable bonds is 6. The third-order valence-electron chi connectivity index (χ3n) is 4.12. The second kappa shape index (κ2) is 8.98. The number of aryl methyl sites for hydroxylation is 1. The SMILES string of the molecule is Cc1ccc(S(=O)(=O)Nc2ccccc2NC(=O)NCc2ccc(Cl)cc2)cc1. The Bertz CT molecular complexity index is 1100. The van der Waals surface area contributed by atoms with Crippen LogP contribution in [0.1, 0.15) is 11.1 Å². The summed E-state index contributed by atoms with van der Waals surface area (Å²) in [4.78, 5) is 12.4. The molecule has 3 rings (SSSR count). The molecule has 0 spiro atoms. The number of anilines is 2. The average molecular weight is 430 g/mol. The van der Waals surface area contributed by atoms with E-state index in [-0.39, 0.29) is 10.6 Å². The van der Waals surface area contributed by atoms with Crippen LogP contribution in [0.25, 0.3) is 0 Å². The Labute approximate surface area is 175 Å². The highest BCUT2D eigenvalue weighted by atomic mass is 35.5. The lowest BCUT2D eigenvalue weighted by Gasteiger charge is -2.14. The summed E-state index contributed by atoms with van der Waals surface area (Å²) in [6, 6.07) is 19.8. The summed E-state index contributed by atoms with van der Waals surface area (Å²) in [6.07, 6.45) is 0. The number of sulfonamides is 1. The van der Waals surface area contributed by atoms with Crippen LogP contribution in [0.5, 0.6) is 0 Å². The summed E-state index contributed by atoms with van der Waals surface area (Å²) in [7, 11) is -3.78. The number of halogens is 1. The molecule has 0 radical (unpaired) electrons. The summed E-state index contributed by atoms with van der Waals surface area (Å²) in [5.41, 5.74) is 2.47. The van der Waals surface area contributed by atoms with Crippen LogP contribution in [0.15, 0.2) is 77.7 Å². The number of carbonyl (C=O) groups excluding carboxylic acids is 1. The van der Waals surface area contributed by atoms with Gasteiger partial charge in [-0.2, -0.15) is 0 Å². The van der Waals surface area contributed by atoms with E-state index in [1.807, 2.05) is 19.1 Å². The molecule has 150 valence electrons. The summed E-state index contributed by atoms with van der Waals surface area (Å²) in [5.74, 6) is 0. The Morgan fingerprint density at radius 2 is 1.52 bits per heavy atom. The van der Waals surface area contributed by atoms with E-state index in [4.69, 9.17) is 11.6 Å². The number of carbonyl (C=O) groups is 1. The van der Waals surface area contributed by atoms with E-state index in [1.165, 1.54) is 12.1 Å². The number of hydrogen-bond donors (Lipinski definition) is 3. The number of hydrogen-bond acceptors (Lipinski definition) is 3.